The number of aryl methyl sites for hydroxylation is 1. The number of aliphatic hydroxyl groups excluding tert-OH is 1. The van der Waals surface area contributed by atoms with Gasteiger partial charge in [0.1, 0.15) is 0 Å². The molecule has 0 radical (unpaired) electrons. The number of benzene rings is 1. The van der Waals surface area contributed by atoms with Gasteiger partial charge in [-0.1, -0.05) is 24.3 Å². The van der Waals surface area contributed by atoms with E-state index >= 15 is 0 Å². The third-order valence-corrected chi connectivity index (χ3v) is 6.43. The summed E-state index contributed by atoms with van der Waals surface area (Å²) in [7, 11) is 0. The van der Waals surface area contributed by atoms with Gasteiger partial charge < -0.3 is 10.0 Å². The van der Waals surface area contributed by atoms with Gasteiger partial charge in [-0.05, 0) is 37.3 Å². The molecular formula is C21H22N4O2. The second-order valence-electron chi connectivity index (χ2n) is 7.68. The highest BCUT2D eigenvalue weighted by Crippen LogP contribution is 2.46. The topological polar surface area (TPSA) is 70.7 Å². The van der Waals surface area contributed by atoms with Crippen LogP contribution in [0, 0.1) is 6.92 Å². The highest BCUT2D eigenvalue weighted by molar-refractivity contribution is 5.95. The lowest BCUT2D eigenvalue weighted by Gasteiger charge is -2.42. The highest BCUT2D eigenvalue weighted by atomic mass is 16.3. The maximum atomic E-state index is 13.1. The van der Waals surface area contributed by atoms with E-state index in [1.165, 1.54) is 11.1 Å². The molecule has 1 amide bonds. The molecule has 27 heavy (non-hydrogen) atoms. The van der Waals surface area contributed by atoms with Gasteiger partial charge in [-0.3, -0.25) is 4.79 Å². The zero-order valence-electron chi connectivity index (χ0n) is 15.3. The van der Waals surface area contributed by atoms with Crippen molar-refractivity contribution in [3.63, 3.8) is 0 Å². The molecule has 1 fully saturated rings. The molecule has 0 bridgehead atoms. The number of aliphatic hydroxyl groups is 1. The largest absolute Gasteiger partial charge is 0.392 e. The maximum absolute atomic E-state index is 13.1. The van der Waals surface area contributed by atoms with Gasteiger partial charge in [0.2, 0.25) is 0 Å². The molecular weight excluding hydrogens is 340 g/mol. The number of fused-ring (bicyclic) bond motifs is 3. The van der Waals surface area contributed by atoms with Crippen molar-refractivity contribution >= 4 is 11.6 Å². The Hall–Kier alpha value is -2.73. The van der Waals surface area contributed by atoms with Crippen molar-refractivity contribution in [2.45, 2.75) is 37.7 Å². The number of nitrogens with zero attached hydrogens (tertiary/aromatic N) is 4. The Kier molecular flexibility index (Phi) is 3.59. The van der Waals surface area contributed by atoms with E-state index in [-0.39, 0.29) is 17.4 Å². The number of carbonyl (C=O) groups excluding carboxylic acids is 1. The molecule has 6 nitrogen and oxygen atoms in total. The van der Waals surface area contributed by atoms with E-state index in [9.17, 15) is 9.90 Å². The van der Waals surface area contributed by atoms with E-state index in [1.807, 2.05) is 30.0 Å². The molecule has 3 aromatic rings. The molecule has 1 saturated heterocycles. The third kappa shape index (κ3) is 2.33. The van der Waals surface area contributed by atoms with E-state index < -0.39 is 0 Å². The lowest BCUT2D eigenvalue weighted by atomic mass is 9.72. The van der Waals surface area contributed by atoms with E-state index in [0.29, 0.717) is 25.1 Å². The summed E-state index contributed by atoms with van der Waals surface area (Å²) in [4.78, 5) is 19.3. The van der Waals surface area contributed by atoms with Gasteiger partial charge in [-0.25, -0.2) is 9.50 Å². The molecule has 138 valence electrons. The van der Waals surface area contributed by atoms with Crippen molar-refractivity contribution < 1.29 is 9.90 Å². The number of piperidine rings is 1. The van der Waals surface area contributed by atoms with Gasteiger partial charge >= 0.3 is 0 Å². The first-order valence-corrected chi connectivity index (χ1v) is 9.45. The summed E-state index contributed by atoms with van der Waals surface area (Å²) in [5.41, 5.74) is 4.44. The molecule has 2 aliphatic rings. The van der Waals surface area contributed by atoms with E-state index in [0.717, 1.165) is 24.2 Å². The summed E-state index contributed by atoms with van der Waals surface area (Å²) in [5.74, 6) is -0.00646. The number of likely N-dealkylation sites (tertiary alicyclic amines) is 1. The van der Waals surface area contributed by atoms with Gasteiger partial charge in [-0.15, -0.1) is 0 Å². The zero-order chi connectivity index (χ0) is 18.6. The summed E-state index contributed by atoms with van der Waals surface area (Å²) in [6.45, 7) is 3.18. The predicted molar refractivity (Wildman–Crippen MR) is 101 cm³/mol. The first-order chi connectivity index (χ1) is 13.1. The van der Waals surface area contributed by atoms with Crippen molar-refractivity contribution in [1.82, 2.24) is 19.5 Å². The van der Waals surface area contributed by atoms with Crippen LogP contribution in [0.2, 0.25) is 0 Å². The van der Waals surface area contributed by atoms with Crippen LogP contribution in [-0.2, 0) is 11.8 Å². The maximum Gasteiger partial charge on any atom is 0.257 e. The number of carbonyl (C=O) groups is 1. The molecule has 3 heterocycles. The van der Waals surface area contributed by atoms with Crippen LogP contribution in [0.1, 0.15) is 40.0 Å². The van der Waals surface area contributed by atoms with Crippen LogP contribution < -0.4 is 0 Å². The van der Waals surface area contributed by atoms with Crippen molar-refractivity contribution in [3.05, 3.63) is 65.1 Å². The Bertz CT molecular complexity index is 1030. The first kappa shape index (κ1) is 16.4. The molecule has 2 aromatic heterocycles. The lowest BCUT2D eigenvalue weighted by Crippen LogP contribution is -2.49. The van der Waals surface area contributed by atoms with Crippen LogP contribution in [0.5, 0.6) is 0 Å². The fourth-order valence-corrected chi connectivity index (χ4v) is 4.85. The minimum atomic E-state index is -0.365. The van der Waals surface area contributed by atoms with Crippen LogP contribution in [-0.4, -0.2) is 49.7 Å². The van der Waals surface area contributed by atoms with E-state index in [1.54, 1.807) is 16.9 Å². The zero-order valence-corrected chi connectivity index (χ0v) is 15.3. The molecule has 1 aromatic carbocycles. The quantitative estimate of drug-likeness (QED) is 0.720. The van der Waals surface area contributed by atoms with Gasteiger partial charge in [-0.2, -0.15) is 5.10 Å². The number of amides is 1. The minimum absolute atomic E-state index is 0.00646. The Morgan fingerprint density at radius 3 is 2.81 bits per heavy atom. The summed E-state index contributed by atoms with van der Waals surface area (Å²) < 4.78 is 1.70. The van der Waals surface area contributed by atoms with Crippen LogP contribution in [0.25, 0.3) is 5.65 Å². The fourth-order valence-electron chi connectivity index (χ4n) is 4.85. The van der Waals surface area contributed by atoms with Gasteiger partial charge in [0.25, 0.3) is 5.91 Å². The molecule has 1 spiro atoms. The number of aromatic nitrogens is 3. The first-order valence-electron chi connectivity index (χ1n) is 9.45. The van der Waals surface area contributed by atoms with Crippen LogP contribution in [0.15, 0.2) is 42.7 Å². The summed E-state index contributed by atoms with van der Waals surface area (Å²) >= 11 is 0. The highest BCUT2D eigenvalue weighted by Gasteiger charge is 2.48. The second kappa shape index (κ2) is 5.89. The van der Waals surface area contributed by atoms with Crippen LogP contribution in [0.3, 0.4) is 0 Å². The molecule has 1 aliphatic carbocycles. The Balaban J connectivity index is 1.40. The molecule has 6 heteroatoms. The average Bonchev–Trinajstić information content (AvgIpc) is 3.27. The van der Waals surface area contributed by atoms with E-state index in [2.05, 4.69) is 22.2 Å². The third-order valence-electron chi connectivity index (χ3n) is 6.43. The monoisotopic (exact) mass is 362 g/mol. The molecule has 1 N–H and O–H groups in total. The molecule has 5 rings (SSSR count). The number of rotatable bonds is 1. The summed E-state index contributed by atoms with van der Waals surface area (Å²) in [6, 6.07) is 10.2. The standard InChI is InChI=1S/C21H22N4O2/c1-14-16(13-22-19-6-9-23-25(14)19)20(27)24-10-7-21(8-11-24)17-5-3-2-4-15(17)12-18(21)26/h2-6,9,13,18,26H,7-8,10-12H2,1H3/t18-/m0/s1. The Morgan fingerprint density at radius 2 is 2.00 bits per heavy atom. The Morgan fingerprint density at radius 1 is 1.22 bits per heavy atom. The second-order valence-corrected chi connectivity index (χ2v) is 7.68. The van der Waals surface area contributed by atoms with Gasteiger partial charge in [0, 0.05) is 30.8 Å². The number of hydrogen-bond acceptors (Lipinski definition) is 4. The Labute approximate surface area is 157 Å². The smallest absolute Gasteiger partial charge is 0.257 e. The minimum Gasteiger partial charge on any atom is -0.392 e. The lowest BCUT2D eigenvalue weighted by molar-refractivity contribution is 0.0364. The predicted octanol–water partition coefficient (Wildman–Crippen LogP) is 2.13. The van der Waals surface area contributed by atoms with Gasteiger partial charge in [0.05, 0.1) is 23.6 Å². The van der Waals surface area contributed by atoms with Crippen molar-refractivity contribution in [3.8, 4) is 0 Å². The average molecular weight is 362 g/mol. The van der Waals surface area contributed by atoms with E-state index in [4.69, 9.17) is 0 Å². The fraction of sp³-hybridized carbons (Fsp3) is 0.381. The SMILES string of the molecule is Cc1c(C(=O)N2CCC3(CC2)c2ccccc2C[C@@H]3O)cnc2ccnn12. The summed E-state index contributed by atoms with van der Waals surface area (Å²) in [6.07, 6.45) is 5.26. The van der Waals surface area contributed by atoms with Gasteiger partial charge in [0.15, 0.2) is 5.65 Å². The van der Waals surface area contributed by atoms with Crippen molar-refractivity contribution in [2.24, 2.45) is 0 Å². The van der Waals surface area contributed by atoms with Crippen LogP contribution in [0.4, 0.5) is 0 Å². The molecule has 1 aliphatic heterocycles. The number of hydrogen-bond donors (Lipinski definition) is 1. The molecule has 0 unspecified atom stereocenters. The van der Waals surface area contributed by atoms with Crippen molar-refractivity contribution in [2.75, 3.05) is 13.1 Å². The van der Waals surface area contributed by atoms with Crippen molar-refractivity contribution in [1.29, 1.82) is 0 Å². The normalized spacial score (nSPS) is 21.0. The van der Waals surface area contributed by atoms with Crippen LogP contribution >= 0.6 is 0 Å². The molecule has 0 saturated carbocycles. The summed E-state index contributed by atoms with van der Waals surface area (Å²) in [5, 5.41) is 15.0. The molecule has 1 atom stereocenters.